The number of phenols is 1. The number of piperazine rings is 1. The first-order valence-electron chi connectivity index (χ1n) is 29.2. The fourth-order valence-electron chi connectivity index (χ4n) is 13.5. The molecule has 5 saturated heterocycles. The predicted molar refractivity (Wildman–Crippen MR) is 312 cm³/mol. The number of halogens is 1. The van der Waals surface area contributed by atoms with Crippen LogP contribution in [-0.4, -0.2) is 140 Å². The number of rotatable bonds is 17. The van der Waals surface area contributed by atoms with E-state index >= 15 is 4.39 Å². The molecular formula is C62H74FN11O6S. The number of hydrogen-bond donors (Lipinski definition) is 4. The van der Waals surface area contributed by atoms with Crippen LogP contribution in [0.4, 0.5) is 16.0 Å². The third-order valence-electron chi connectivity index (χ3n) is 17.9. The van der Waals surface area contributed by atoms with Crippen LogP contribution in [0.15, 0.2) is 76.9 Å². The van der Waals surface area contributed by atoms with Crippen molar-refractivity contribution in [2.45, 2.75) is 129 Å². The van der Waals surface area contributed by atoms with E-state index in [1.54, 1.807) is 29.7 Å². The number of nitrogens with zero attached hydrogens (tertiary/aromatic N) is 9. The molecule has 2 bridgehead atoms. The summed E-state index contributed by atoms with van der Waals surface area (Å²) in [4.78, 5) is 56.7. The Labute approximate surface area is 476 Å². The molecule has 17 nitrogen and oxygen atoms in total. The number of phenolic OH excluding ortho intramolecular Hbond substituents is 1. The second kappa shape index (κ2) is 22.9. The fourth-order valence-corrected chi connectivity index (χ4v) is 14.3. The van der Waals surface area contributed by atoms with Gasteiger partial charge in [0.25, 0.3) is 0 Å². The molecule has 3 aromatic carbocycles. The minimum absolute atomic E-state index is 0.0429. The van der Waals surface area contributed by atoms with Crippen molar-refractivity contribution in [2.75, 3.05) is 62.2 Å². The van der Waals surface area contributed by atoms with Gasteiger partial charge in [0.15, 0.2) is 17.4 Å². The third-order valence-corrected chi connectivity index (χ3v) is 18.9. The van der Waals surface area contributed by atoms with Crippen LogP contribution in [0.2, 0.25) is 0 Å². The third kappa shape index (κ3) is 11.1. The number of aromatic hydroxyl groups is 1. The highest BCUT2D eigenvalue weighted by Gasteiger charge is 2.44. The maximum absolute atomic E-state index is 17.2. The van der Waals surface area contributed by atoms with Crippen LogP contribution < -0.4 is 25.2 Å². The molecular weight excluding hydrogens is 1050 g/mol. The number of carbonyl (C=O) groups excluding carboxylic acids is 2. The maximum atomic E-state index is 17.2. The normalized spacial score (nSPS) is 22.0. The topological polar surface area (TPSA) is 198 Å². The SMILES string of the molecule is CCc1cccc2cc(O)cc(-c3ncc4c(N5CC6CCC(C5)N6)nc(OC[C@@H](C)N5CCC(CC6CN(c7cc([C@H](C(=O)N8C[C@H](O)C[C@H]8C(=O)N[C@@H](C)c8ccc(-c9scnc9C)cc8)C(C)C)on7)C6)CC5)nc4c3F)c12. The van der Waals surface area contributed by atoms with E-state index in [0.717, 1.165) is 116 Å². The second-order valence-corrected chi connectivity index (χ2v) is 24.7. The number of aliphatic hydroxyl groups excluding tert-OH is 1. The van der Waals surface area contributed by atoms with Crippen molar-refractivity contribution in [2.24, 2.45) is 17.8 Å². The van der Waals surface area contributed by atoms with Gasteiger partial charge in [0.2, 0.25) is 11.8 Å². The molecule has 5 aliphatic heterocycles. The molecule has 7 aromatic rings. The number of aryl methyl sites for hydroxylation is 2. The molecule has 2 unspecified atom stereocenters. The number of aliphatic hydroxyl groups is 1. The van der Waals surface area contributed by atoms with E-state index in [9.17, 15) is 19.8 Å². The van der Waals surface area contributed by atoms with Gasteiger partial charge in [-0.3, -0.25) is 19.5 Å². The van der Waals surface area contributed by atoms with Crippen LogP contribution in [0.3, 0.4) is 0 Å². The van der Waals surface area contributed by atoms with Gasteiger partial charge in [0, 0.05) is 75.1 Å². The summed E-state index contributed by atoms with van der Waals surface area (Å²) in [6.07, 6.45) is 7.20. The van der Waals surface area contributed by atoms with Crippen LogP contribution in [0, 0.1) is 30.5 Å². The van der Waals surface area contributed by atoms with Crippen molar-refractivity contribution >= 4 is 56.5 Å². The minimum atomic E-state index is -0.817. The van der Waals surface area contributed by atoms with Crippen LogP contribution in [-0.2, 0) is 16.0 Å². The van der Waals surface area contributed by atoms with Crippen LogP contribution in [0.25, 0.3) is 43.4 Å². The summed E-state index contributed by atoms with van der Waals surface area (Å²) >= 11 is 1.59. The van der Waals surface area contributed by atoms with Gasteiger partial charge in [-0.25, -0.2) is 9.37 Å². The van der Waals surface area contributed by atoms with Gasteiger partial charge in [0.05, 0.1) is 33.6 Å². The van der Waals surface area contributed by atoms with Crippen molar-refractivity contribution in [3.05, 3.63) is 101 Å². The summed E-state index contributed by atoms with van der Waals surface area (Å²) in [5.74, 6) is 1.01. The Morgan fingerprint density at radius 1 is 0.926 bits per heavy atom. The molecule has 7 atom stereocenters. The summed E-state index contributed by atoms with van der Waals surface area (Å²) in [5.41, 5.74) is 6.68. The Morgan fingerprint density at radius 3 is 2.41 bits per heavy atom. The molecule has 426 valence electrons. The first kappa shape index (κ1) is 54.8. The van der Waals surface area contributed by atoms with E-state index in [1.165, 1.54) is 4.90 Å². The number of thiazole rings is 1. The summed E-state index contributed by atoms with van der Waals surface area (Å²) in [5, 5.41) is 35.1. The van der Waals surface area contributed by atoms with Crippen LogP contribution in [0.1, 0.15) is 108 Å². The van der Waals surface area contributed by atoms with Gasteiger partial charge in [-0.15, -0.1) is 11.3 Å². The second-order valence-electron chi connectivity index (χ2n) is 23.9. The van der Waals surface area contributed by atoms with Crippen molar-refractivity contribution in [1.82, 2.24) is 45.5 Å². The molecule has 81 heavy (non-hydrogen) atoms. The number of pyridine rings is 1. The summed E-state index contributed by atoms with van der Waals surface area (Å²) in [6.45, 7) is 17.6. The highest BCUT2D eigenvalue weighted by molar-refractivity contribution is 7.13. The molecule has 2 amide bonds. The summed E-state index contributed by atoms with van der Waals surface area (Å²) in [7, 11) is 0. The van der Waals surface area contributed by atoms with Crippen molar-refractivity contribution in [3.63, 3.8) is 0 Å². The van der Waals surface area contributed by atoms with Gasteiger partial charge in [-0.2, -0.15) is 9.97 Å². The van der Waals surface area contributed by atoms with Gasteiger partial charge < -0.3 is 44.8 Å². The fraction of sp³-hybridized carbons (Fsp3) is 0.500. The Kier molecular flexibility index (Phi) is 15.5. The predicted octanol–water partition coefficient (Wildman–Crippen LogP) is 9.20. The Morgan fingerprint density at radius 2 is 1.69 bits per heavy atom. The van der Waals surface area contributed by atoms with Gasteiger partial charge in [0.1, 0.15) is 41.3 Å². The molecule has 0 saturated carbocycles. The smallest absolute Gasteiger partial charge is 0.319 e. The first-order valence-corrected chi connectivity index (χ1v) is 30.0. The quantitative estimate of drug-likeness (QED) is 0.0673. The molecule has 9 heterocycles. The van der Waals surface area contributed by atoms with E-state index in [-0.39, 0.29) is 65.8 Å². The van der Waals surface area contributed by atoms with Crippen molar-refractivity contribution < 1.29 is 33.5 Å². The standard InChI is InChI=1S/C62H74FN11O6S/c1-7-40-9-8-10-43-22-46(75)23-48(54(40)43)56-55(63)57-49(26-64-56)59(73-29-44-15-16-45(30-73)67-44)69-62(68-57)79-32-35(4)71-19-17-38(18-20-71)21-39-27-72(28-39)52-25-51(80-70-52)53(34(2)3)61(78)74-31-47(76)24-50(74)60(77)66-36(5)41-11-13-42(14-12-41)58-37(6)65-33-81-58/h8-14,22-23,25-26,33-36,38-39,44-45,47,50,53,67,75-76H,7,15-21,24,27-32H2,1-6H3,(H,66,77)/t35-,36+,44?,45?,47-,50+,53-/m1/s1. The number of amides is 2. The number of aromatic nitrogens is 5. The van der Waals surface area contributed by atoms with Gasteiger partial charge >= 0.3 is 6.01 Å². The molecule has 0 aliphatic carbocycles. The highest BCUT2D eigenvalue weighted by atomic mass is 32.1. The first-order chi connectivity index (χ1) is 39.2. The number of carbonyl (C=O) groups is 2. The number of ether oxygens (including phenoxy) is 1. The summed E-state index contributed by atoms with van der Waals surface area (Å²) < 4.78 is 29.6. The molecule has 12 rings (SSSR count). The van der Waals surface area contributed by atoms with E-state index in [2.05, 4.69) is 49.3 Å². The largest absolute Gasteiger partial charge is 0.508 e. The molecule has 0 spiro atoms. The van der Waals surface area contributed by atoms with E-state index < -0.39 is 23.9 Å². The van der Waals surface area contributed by atoms with Gasteiger partial charge in [-0.1, -0.05) is 68.4 Å². The number of piperidine rings is 1. The molecule has 4 N–H and O–H groups in total. The molecule has 5 fully saturated rings. The molecule has 4 aromatic heterocycles. The zero-order chi connectivity index (χ0) is 56.2. The van der Waals surface area contributed by atoms with Gasteiger partial charge in [-0.05, 0) is 130 Å². The number of β-amino-alcohol motifs (C(OH)–C–C–N with tert-alkyl or cyclic N) is 1. The van der Waals surface area contributed by atoms with Crippen molar-refractivity contribution in [3.8, 4) is 33.5 Å². The zero-order valence-corrected chi connectivity index (χ0v) is 48.0. The average Bonchev–Trinajstić information content (AvgIpc) is 4.49. The Hall–Kier alpha value is -6.80. The number of likely N-dealkylation sites (tertiary alicyclic amines) is 2. The van der Waals surface area contributed by atoms with Crippen LogP contribution in [0.5, 0.6) is 11.8 Å². The lowest BCUT2D eigenvalue weighted by atomic mass is 9.83. The lowest BCUT2D eigenvalue weighted by Gasteiger charge is -2.43. The zero-order valence-electron chi connectivity index (χ0n) is 47.1. The Bertz CT molecular complexity index is 3420. The van der Waals surface area contributed by atoms with E-state index in [4.69, 9.17) is 24.2 Å². The Balaban J connectivity index is 0.649. The number of fused-ring (bicyclic) bond motifs is 4. The molecule has 19 heteroatoms. The number of benzene rings is 3. The lowest BCUT2D eigenvalue weighted by Crippen LogP contribution is -2.51. The van der Waals surface area contributed by atoms with Crippen LogP contribution >= 0.6 is 11.3 Å². The average molecular weight is 1120 g/mol. The van der Waals surface area contributed by atoms with E-state index in [1.807, 2.05) is 81.7 Å². The minimum Gasteiger partial charge on any atom is -0.508 e. The highest BCUT2D eigenvalue weighted by Crippen LogP contribution is 2.41. The monoisotopic (exact) mass is 1120 g/mol. The molecule has 5 aliphatic rings. The van der Waals surface area contributed by atoms with Crippen molar-refractivity contribution in [1.29, 1.82) is 0 Å². The maximum Gasteiger partial charge on any atom is 0.319 e. The summed E-state index contributed by atoms with van der Waals surface area (Å²) in [6, 6.07) is 18.9. The number of anilines is 2. The molecule has 0 radical (unpaired) electrons. The number of nitrogens with one attached hydrogen (secondary N) is 2. The van der Waals surface area contributed by atoms with E-state index in [0.29, 0.717) is 58.9 Å². The lowest BCUT2D eigenvalue weighted by molar-refractivity contribution is -0.141. The number of hydrogen-bond acceptors (Lipinski definition) is 16.